The summed E-state index contributed by atoms with van der Waals surface area (Å²) in [5, 5.41) is -0.00739. The van der Waals surface area contributed by atoms with Gasteiger partial charge in [0.15, 0.2) is 0 Å². The van der Waals surface area contributed by atoms with Crippen molar-refractivity contribution in [1.82, 2.24) is 4.90 Å². The van der Waals surface area contributed by atoms with Crippen LogP contribution in [0.5, 0.6) is 0 Å². The summed E-state index contributed by atoms with van der Waals surface area (Å²) in [6, 6.07) is 3.97. The molecule has 1 fully saturated rings. The lowest BCUT2D eigenvalue weighted by Crippen LogP contribution is -2.34. The van der Waals surface area contributed by atoms with Crippen molar-refractivity contribution in [2.45, 2.75) is 32.3 Å². The van der Waals surface area contributed by atoms with Gasteiger partial charge in [0, 0.05) is 19.9 Å². The van der Waals surface area contributed by atoms with Gasteiger partial charge in [-0.05, 0) is 25.5 Å². The Bertz CT molecular complexity index is 801. The number of Topliss-reactive ketones (excluding diaryl/α,β-unsaturated/α-hetero) is 1. The number of ether oxygens (including phenoxy) is 2. The Kier molecular flexibility index (Phi) is 4.28. The molecule has 1 saturated heterocycles. The lowest BCUT2D eigenvalue weighted by Gasteiger charge is -2.27. The van der Waals surface area contributed by atoms with E-state index in [1.54, 1.807) is 0 Å². The molecular weight excluding hydrogens is 353 g/mol. The van der Waals surface area contributed by atoms with Gasteiger partial charge >= 0.3 is 5.97 Å². The van der Waals surface area contributed by atoms with Gasteiger partial charge in [-0.3, -0.25) is 19.3 Å². The van der Waals surface area contributed by atoms with Crippen molar-refractivity contribution >= 4 is 29.3 Å². The second-order valence-electron chi connectivity index (χ2n) is 5.94. The lowest BCUT2D eigenvalue weighted by molar-refractivity contribution is -0.142. The van der Waals surface area contributed by atoms with E-state index < -0.39 is 28.9 Å². The quantitative estimate of drug-likeness (QED) is 0.768. The minimum Gasteiger partial charge on any atom is -0.456 e. The van der Waals surface area contributed by atoms with Gasteiger partial charge in [0.1, 0.15) is 5.82 Å². The molecule has 6 nitrogen and oxygen atoms in total. The van der Waals surface area contributed by atoms with Gasteiger partial charge in [-0.2, -0.15) is 0 Å². The van der Waals surface area contributed by atoms with Gasteiger partial charge in [0.05, 0.1) is 10.6 Å². The number of benzene rings is 1. The minimum atomic E-state index is -1.84. The van der Waals surface area contributed by atoms with Gasteiger partial charge in [-0.1, -0.05) is 17.7 Å². The predicted octanol–water partition coefficient (Wildman–Crippen LogP) is 2.65. The Balaban J connectivity index is 2.11. The van der Waals surface area contributed by atoms with E-state index in [-0.39, 0.29) is 28.8 Å². The average Bonchev–Trinajstić information content (AvgIpc) is 3.04. The first kappa shape index (κ1) is 17.4. The number of carbonyl (C=O) groups is 3. The summed E-state index contributed by atoms with van der Waals surface area (Å²) in [6.07, 6.45) is 0.857. The van der Waals surface area contributed by atoms with Crippen LogP contribution in [0.25, 0.3) is 0 Å². The summed E-state index contributed by atoms with van der Waals surface area (Å²) >= 11 is 6.07. The third-order valence-electron chi connectivity index (χ3n) is 4.14. The molecule has 0 saturated carbocycles. The number of hydrogen-bond donors (Lipinski definition) is 0. The molecule has 0 radical (unpaired) electrons. The van der Waals surface area contributed by atoms with Crippen LogP contribution in [0.1, 0.15) is 32.3 Å². The van der Waals surface area contributed by atoms with Crippen LogP contribution >= 0.6 is 11.6 Å². The number of carbonyl (C=O) groups excluding carboxylic acids is 3. The van der Waals surface area contributed by atoms with Crippen molar-refractivity contribution in [3.63, 3.8) is 0 Å². The van der Waals surface area contributed by atoms with Gasteiger partial charge < -0.3 is 9.47 Å². The summed E-state index contributed by atoms with van der Waals surface area (Å²) < 4.78 is 25.1. The van der Waals surface area contributed by atoms with Crippen LogP contribution in [0.3, 0.4) is 0 Å². The van der Waals surface area contributed by atoms with Crippen LogP contribution in [0, 0.1) is 5.82 Å². The summed E-state index contributed by atoms with van der Waals surface area (Å²) in [6.45, 7) is 2.76. The highest BCUT2D eigenvalue weighted by molar-refractivity contribution is 6.32. The second kappa shape index (κ2) is 6.15. The first-order valence-corrected chi connectivity index (χ1v) is 8.05. The molecule has 0 N–H and O–H groups in total. The molecule has 1 aromatic carbocycles. The number of hydrogen-bond acceptors (Lipinski definition) is 5. The van der Waals surface area contributed by atoms with Crippen LogP contribution in [-0.2, 0) is 29.5 Å². The monoisotopic (exact) mass is 367 g/mol. The molecule has 1 amide bonds. The van der Waals surface area contributed by atoms with E-state index in [1.807, 2.05) is 0 Å². The zero-order chi connectivity index (χ0) is 18.4. The fourth-order valence-electron chi connectivity index (χ4n) is 2.99. The van der Waals surface area contributed by atoms with E-state index in [9.17, 15) is 18.8 Å². The molecule has 3 rings (SSSR count). The number of rotatable bonds is 3. The fourth-order valence-corrected chi connectivity index (χ4v) is 3.34. The van der Waals surface area contributed by atoms with E-state index >= 15 is 0 Å². The minimum absolute atomic E-state index is 0.00739. The molecule has 0 bridgehead atoms. The third kappa shape index (κ3) is 2.78. The number of nitrogens with zero attached hydrogens (tertiary/aromatic N) is 1. The highest BCUT2D eigenvalue weighted by Gasteiger charge is 2.53. The smallest absolute Gasteiger partial charge is 0.308 e. The van der Waals surface area contributed by atoms with Crippen LogP contribution in [0.4, 0.5) is 4.39 Å². The van der Waals surface area contributed by atoms with Gasteiger partial charge in [0.25, 0.3) is 5.78 Å². The maximum Gasteiger partial charge on any atom is 0.308 e. The van der Waals surface area contributed by atoms with Gasteiger partial charge in [-0.15, -0.1) is 0 Å². The van der Waals surface area contributed by atoms with E-state index in [0.29, 0.717) is 13.0 Å². The zero-order valence-electron chi connectivity index (χ0n) is 13.6. The van der Waals surface area contributed by atoms with Crippen molar-refractivity contribution in [2.75, 3.05) is 6.54 Å². The fraction of sp³-hybridized carbons (Fsp3) is 0.353. The molecule has 1 unspecified atom stereocenters. The highest BCUT2D eigenvalue weighted by Crippen LogP contribution is 2.44. The normalized spacial score (nSPS) is 23.3. The first-order chi connectivity index (χ1) is 11.8. The molecular formula is C17H15ClFNO5. The van der Waals surface area contributed by atoms with Crippen molar-refractivity contribution in [3.8, 4) is 0 Å². The lowest BCUT2D eigenvalue weighted by atomic mass is 9.91. The molecule has 1 atom stereocenters. The molecule has 8 heteroatoms. The molecule has 0 aliphatic carbocycles. The molecule has 1 aromatic rings. The van der Waals surface area contributed by atoms with E-state index in [4.69, 9.17) is 21.1 Å². The SMILES string of the molecule is CC(=O)OC1=C(N2CCCC2=O)OC(C)(c2c(F)cccc2Cl)C1=O. The maximum atomic E-state index is 14.4. The molecule has 2 aliphatic rings. The largest absolute Gasteiger partial charge is 0.456 e. The average molecular weight is 368 g/mol. The van der Waals surface area contributed by atoms with E-state index in [1.165, 1.54) is 24.0 Å². The second-order valence-corrected chi connectivity index (χ2v) is 6.35. The Morgan fingerprint density at radius 1 is 1.40 bits per heavy atom. The first-order valence-electron chi connectivity index (χ1n) is 7.67. The number of likely N-dealkylation sites (tertiary alicyclic amines) is 1. The number of esters is 1. The molecule has 2 heterocycles. The molecule has 2 aliphatic heterocycles. The number of amides is 1. The summed E-state index contributed by atoms with van der Waals surface area (Å²) in [5.74, 6) is -3.12. The summed E-state index contributed by atoms with van der Waals surface area (Å²) in [7, 11) is 0. The predicted molar refractivity (Wildman–Crippen MR) is 84.6 cm³/mol. The van der Waals surface area contributed by atoms with Crippen LogP contribution in [-0.4, -0.2) is 29.1 Å². The van der Waals surface area contributed by atoms with E-state index in [2.05, 4.69) is 0 Å². The van der Waals surface area contributed by atoms with Gasteiger partial charge in [-0.25, -0.2) is 4.39 Å². The Morgan fingerprint density at radius 2 is 2.12 bits per heavy atom. The zero-order valence-corrected chi connectivity index (χ0v) is 14.4. The Labute approximate surface area is 148 Å². The highest BCUT2D eigenvalue weighted by atomic mass is 35.5. The molecule has 0 aromatic heterocycles. The number of halogens is 2. The Hall–Kier alpha value is -2.41. The van der Waals surface area contributed by atoms with Crippen molar-refractivity contribution in [2.24, 2.45) is 0 Å². The summed E-state index contributed by atoms with van der Waals surface area (Å²) in [4.78, 5) is 37.6. The van der Waals surface area contributed by atoms with Crippen molar-refractivity contribution < 1.29 is 28.2 Å². The standard InChI is InChI=1S/C17H15ClFNO5/c1-9(21)24-14-15(23)17(2,13-10(18)5-3-6-11(13)19)25-16(14)20-8-4-7-12(20)22/h3,5-6H,4,7-8H2,1-2H3. The van der Waals surface area contributed by atoms with Crippen LogP contribution in [0.15, 0.2) is 29.8 Å². The van der Waals surface area contributed by atoms with Crippen LogP contribution < -0.4 is 0 Å². The maximum absolute atomic E-state index is 14.4. The molecule has 25 heavy (non-hydrogen) atoms. The Morgan fingerprint density at radius 3 is 2.68 bits per heavy atom. The molecule has 132 valence electrons. The third-order valence-corrected chi connectivity index (χ3v) is 4.45. The van der Waals surface area contributed by atoms with Crippen LogP contribution in [0.2, 0.25) is 5.02 Å². The van der Waals surface area contributed by atoms with Crippen molar-refractivity contribution in [3.05, 3.63) is 46.2 Å². The van der Waals surface area contributed by atoms with E-state index in [0.717, 1.165) is 13.0 Å². The van der Waals surface area contributed by atoms with Crippen molar-refractivity contribution in [1.29, 1.82) is 0 Å². The molecule has 0 spiro atoms. The summed E-state index contributed by atoms with van der Waals surface area (Å²) in [5.41, 5.74) is -2.02. The topological polar surface area (TPSA) is 72.9 Å². The van der Waals surface area contributed by atoms with Gasteiger partial charge in [0.2, 0.25) is 23.2 Å². The number of ketones is 1.